The van der Waals surface area contributed by atoms with Crippen molar-refractivity contribution in [2.75, 3.05) is 46.1 Å². The van der Waals surface area contributed by atoms with E-state index in [4.69, 9.17) is 14.2 Å². The van der Waals surface area contributed by atoms with Crippen LogP contribution in [0.1, 0.15) is 17.2 Å². The number of fused-ring (bicyclic) bond motifs is 1. The summed E-state index contributed by atoms with van der Waals surface area (Å²) in [6, 6.07) is 12.3. The van der Waals surface area contributed by atoms with Crippen molar-refractivity contribution in [3.05, 3.63) is 53.6 Å². The van der Waals surface area contributed by atoms with E-state index in [9.17, 15) is 8.42 Å². The molecule has 0 saturated carbocycles. The molecule has 2 aliphatic rings. The number of aryl methyl sites for hydroxylation is 1. The molecule has 1 N–H and O–H groups in total. The average Bonchev–Trinajstić information content (AvgIpc) is 2.74. The van der Waals surface area contributed by atoms with E-state index in [1.54, 1.807) is 12.1 Å². The van der Waals surface area contributed by atoms with Gasteiger partial charge in [0.1, 0.15) is 13.2 Å². The van der Waals surface area contributed by atoms with E-state index in [2.05, 4.69) is 9.62 Å². The molecule has 0 radical (unpaired) electrons. The molecular weight excluding hydrogens is 392 g/mol. The van der Waals surface area contributed by atoms with Gasteiger partial charge in [-0.1, -0.05) is 29.8 Å². The number of rotatable bonds is 6. The van der Waals surface area contributed by atoms with Gasteiger partial charge in [-0.15, -0.1) is 0 Å². The third-order valence-corrected chi connectivity index (χ3v) is 6.61. The first-order valence-electron chi connectivity index (χ1n) is 9.80. The van der Waals surface area contributed by atoms with Crippen LogP contribution in [0.4, 0.5) is 0 Å². The van der Waals surface area contributed by atoms with Gasteiger partial charge >= 0.3 is 0 Å². The summed E-state index contributed by atoms with van der Waals surface area (Å²) in [5, 5.41) is 0. The highest BCUT2D eigenvalue weighted by Crippen LogP contribution is 2.32. The number of sulfonamides is 1. The van der Waals surface area contributed by atoms with Crippen molar-refractivity contribution in [3.63, 3.8) is 0 Å². The van der Waals surface area contributed by atoms with Gasteiger partial charge in [-0.3, -0.25) is 4.90 Å². The number of hydrogen-bond acceptors (Lipinski definition) is 6. The van der Waals surface area contributed by atoms with Crippen LogP contribution in [0, 0.1) is 6.92 Å². The number of nitrogens with zero attached hydrogens (tertiary/aromatic N) is 1. The van der Waals surface area contributed by atoms with Gasteiger partial charge in [0.25, 0.3) is 0 Å². The lowest BCUT2D eigenvalue weighted by Gasteiger charge is -2.31. The van der Waals surface area contributed by atoms with Gasteiger partial charge in [-0.25, -0.2) is 13.1 Å². The molecule has 8 heteroatoms. The van der Waals surface area contributed by atoms with E-state index in [0.717, 1.165) is 24.2 Å². The second kappa shape index (κ2) is 8.71. The van der Waals surface area contributed by atoms with Crippen molar-refractivity contribution >= 4 is 10.0 Å². The Bertz CT molecular complexity index is 940. The van der Waals surface area contributed by atoms with Crippen LogP contribution in [0.15, 0.2) is 47.4 Å². The molecule has 29 heavy (non-hydrogen) atoms. The Morgan fingerprint density at radius 2 is 1.66 bits per heavy atom. The van der Waals surface area contributed by atoms with Crippen molar-refractivity contribution in [1.29, 1.82) is 0 Å². The Labute approximate surface area is 171 Å². The smallest absolute Gasteiger partial charge is 0.241 e. The van der Waals surface area contributed by atoms with Crippen LogP contribution < -0.4 is 14.2 Å². The number of morpholine rings is 1. The highest BCUT2D eigenvalue weighted by atomic mass is 32.2. The maximum Gasteiger partial charge on any atom is 0.241 e. The van der Waals surface area contributed by atoms with E-state index in [-0.39, 0.29) is 10.9 Å². The molecule has 1 atom stereocenters. The predicted molar refractivity (Wildman–Crippen MR) is 109 cm³/mol. The van der Waals surface area contributed by atoms with Crippen molar-refractivity contribution < 1.29 is 22.6 Å². The fraction of sp³-hybridized carbons (Fsp3) is 0.429. The summed E-state index contributed by atoms with van der Waals surface area (Å²) in [6.07, 6.45) is 0. The molecule has 0 aliphatic carbocycles. The Morgan fingerprint density at radius 3 is 2.38 bits per heavy atom. The first-order valence-corrected chi connectivity index (χ1v) is 11.3. The molecule has 1 fully saturated rings. The highest BCUT2D eigenvalue weighted by molar-refractivity contribution is 7.89. The summed E-state index contributed by atoms with van der Waals surface area (Å²) in [4.78, 5) is 2.39. The molecule has 0 amide bonds. The van der Waals surface area contributed by atoms with Gasteiger partial charge in [0, 0.05) is 25.7 Å². The van der Waals surface area contributed by atoms with Crippen LogP contribution in [0.25, 0.3) is 0 Å². The van der Waals surface area contributed by atoms with Crippen LogP contribution in [0.5, 0.6) is 11.5 Å². The Morgan fingerprint density at radius 1 is 0.966 bits per heavy atom. The second-order valence-electron chi connectivity index (χ2n) is 7.30. The van der Waals surface area contributed by atoms with Crippen LogP contribution >= 0.6 is 0 Å². The molecule has 2 aromatic rings. The SMILES string of the molecule is Cc1ccc([C@H](CN2CCOCC2)NS(=O)(=O)c2ccc3c(c2)OCCO3)cc1. The largest absolute Gasteiger partial charge is 0.486 e. The van der Waals surface area contributed by atoms with Crippen molar-refractivity contribution in [2.24, 2.45) is 0 Å². The molecule has 2 aromatic carbocycles. The summed E-state index contributed by atoms with van der Waals surface area (Å²) >= 11 is 0. The third kappa shape index (κ3) is 4.90. The molecule has 2 aliphatic heterocycles. The normalized spacial score (nSPS) is 18.4. The van der Waals surface area contributed by atoms with Gasteiger partial charge < -0.3 is 14.2 Å². The van der Waals surface area contributed by atoms with Crippen LogP contribution in [0.2, 0.25) is 0 Å². The first-order chi connectivity index (χ1) is 14.0. The molecule has 0 unspecified atom stereocenters. The van der Waals surface area contributed by atoms with Crippen LogP contribution in [0.3, 0.4) is 0 Å². The minimum atomic E-state index is -3.75. The van der Waals surface area contributed by atoms with Gasteiger partial charge in [0.05, 0.1) is 24.2 Å². The second-order valence-corrected chi connectivity index (χ2v) is 9.02. The Kier molecular flexibility index (Phi) is 6.05. The monoisotopic (exact) mass is 418 g/mol. The zero-order chi connectivity index (χ0) is 20.3. The maximum absolute atomic E-state index is 13.2. The summed E-state index contributed by atoms with van der Waals surface area (Å²) in [7, 11) is -3.75. The number of nitrogens with one attached hydrogen (secondary N) is 1. The predicted octanol–water partition coefficient (Wildman–Crippen LogP) is 2.12. The van der Waals surface area contributed by atoms with Gasteiger partial charge in [-0.2, -0.15) is 0 Å². The van der Waals surface area contributed by atoms with E-state index >= 15 is 0 Å². The van der Waals surface area contributed by atoms with Crippen molar-refractivity contribution in [1.82, 2.24) is 9.62 Å². The summed E-state index contributed by atoms with van der Waals surface area (Å²) < 4.78 is 45.7. The summed E-state index contributed by atoms with van der Waals surface area (Å²) in [5.41, 5.74) is 2.07. The lowest BCUT2D eigenvalue weighted by atomic mass is 10.1. The average molecular weight is 419 g/mol. The van der Waals surface area contributed by atoms with Crippen LogP contribution in [-0.4, -0.2) is 59.4 Å². The van der Waals surface area contributed by atoms with E-state index in [1.807, 2.05) is 31.2 Å². The Hall–Kier alpha value is -2.13. The molecule has 0 aromatic heterocycles. The number of ether oxygens (including phenoxy) is 3. The standard InChI is InChI=1S/C21H26N2O5S/c1-16-2-4-17(5-3-16)19(15-23-8-10-26-11-9-23)22-29(24,25)18-6-7-20-21(14-18)28-13-12-27-20/h2-7,14,19,22H,8-13,15H2,1H3/t19-/m0/s1. The summed E-state index contributed by atoms with van der Waals surface area (Å²) in [6.45, 7) is 6.36. The molecule has 0 spiro atoms. The van der Waals surface area contributed by atoms with Crippen molar-refractivity contribution in [2.45, 2.75) is 17.9 Å². The molecule has 7 nitrogen and oxygen atoms in total. The first kappa shape index (κ1) is 20.2. The molecule has 0 bridgehead atoms. The van der Waals surface area contributed by atoms with E-state index in [1.165, 1.54) is 6.07 Å². The van der Waals surface area contributed by atoms with E-state index in [0.29, 0.717) is 44.5 Å². The fourth-order valence-corrected chi connectivity index (χ4v) is 4.73. The van der Waals surface area contributed by atoms with Gasteiger partial charge in [0.15, 0.2) is 11.5 Å². The van der Waals surface area contributed by atoms with Gasteiger partial charge in [0.2, 0.25) is 10.0 Å². The van der Waals surface area contributed by atoms with Gasteiger partial charge in [-0.05, 0) is 24.6 Å². The molecular formula is C21H26N2O5S. The van der Waals surface area contributed by atoms with Crippen molar-refractivity contribution in [3.8, 4) is 11.5 Å². The third-order valence-electron chi connectivity index (χ3n) is 5.15. The highest BCUT2D eigenvalue weighted by Gasteiger charge is 2.26. The minimum absolute atomic E-state index is 0.167. The number of benzene rings is 2. The Balaban J connectivity index is 1.59. The zero-order valence-corrected chi connectivity index (χ0v) is 17.3. The minimum Gasteiger partial charge on any atom is -0.486 e. The van der Waals surface area contributed by atoms with Crippen LogP contribution in [-0.2, 0) is 14.8 Å². The lowest BCUT2D eigenvalue weighted by molar-refractivity contribution is 0.0345. The molecule has 2 heterocycles. The molecule has 156 valence electrons. The van der Waals surface area contributed by atoms with E-state index < -0.39 is 10.0 Å². The topological polar surface area (TPSA) is 77.1 Å². The maximum atomic E-state index is 13.2. The zero-order valence-electron chi connectivity index (χ0n) is 16.5. The molecule has 1 saturated heterocycles. The fourth-order valence-electron chi connectivity index (χ4n) is 3.50. The molecule has 4 rings (SSSR count). The quantitative estimate of drug-likeness (QED) is 0.774. The lowest BCUT2D eigenvalue weighted by Crippen LogP contribution is -2.43. The number of hydrogen-bond donors (Lipinski definition) is 1. The summed E-state index contributed by atoms with van der Waals surface area (Å²) in [5.74, 6) is 1.03.